The summed E-state index contributed by atoms with van der Waals surface area (Å²) in [6, 6.07) is 2.50. The molecule has 1 aromatic heterocycles. The van der Waals surface area contributed by atoms with Crippen LogP contribution >= 0.6 is 0 Å². The van der Waals surface area contributed by atoms with Gasteiger partial charge in [-0.1, -0.05) is 0 Å². The van der Waals surface area contributed by atoms with Gasteiger partial charge in [-0.15, -0.1) is 0 Å². The molecule has 0 radical (unpaired) electrons. The van der Waals surface area contributed by atoms with Gasteiger partial charge in [0, 0.05) is 24.8 Å². The normalized spacial score (nSPS) is 23.0. The Bertz CT molecular complexity index is 554. The summed E-state index contributed by atoms with van der Waals surface area (Å²) in [6.45, 7) is 5.36. The first-order chi connectivity index (χ1) is 10.1. The Kier molecular flexibility index (Phi) is 3.85. The van der Waals surface area contributed by atoms with Crippen molar-refractivity contribution in [2.45, 2.75) is 38.6 Å². The van der Waals surface area contributed by atoms with Crippen molar-refractivity contribution < 1.29 is 0 Å². The summed E-state index contributed by atoms with van der Waals surface area (Å²) in [6.07, 6.45) is 4.42. The smallest absolute Gasteiger partial charge is 0.140 e. The van der Waals surface area contributed by atoms with E-state index in [9.17, 15) is 0 Å². The van der Waals surface area contributed by atoms with Crippen LogP contribution in [-0.2, 0) is 12.8 Å². The number of aryl methyl sites for hydroxylation is 2. The van der Waals surface area contributed by atoms with Gasteiger partial charge in [0.2, 0.25) is 0 Å². The van der Waals surface area contributed by atoms with Crippen molar-refractivity contribution in [3.05, 3.63) is 22.9 Å². The molecular weight excluding hydrogens is 262 g/mol. The Hall–Kier alpha value is -1.62. The number of anilines is 1. The van der Waals surface area contributed by atoms with Crippen LogP contribution in [0.2, 0.25) is 0 Å². The number of nitrogens with one attached hydrogen (secondary N) is 1. The molecule has 5 heteroatoms. The van der Waals surface area contributed by atoms with Crippen LogP contribution in [0.15, 0.2) is 6.07 Å². The lowest BCUT2D eigenvalue weighted by Gasteiger charge is -2.31. The molecule has 1 atom stereocenters. The fraction of sp³-hybridized carbons (Fsp3) is 0.625. The monoisotopic (exact) mass is 287 g/mol. The summed E-state index contributed by atoms with van der Waals surface area (Å²) in [4.78, 5) is 9.61. The third-order valence-electron chi connectivity index (χ3n) is 4.64. The van der Waals surface area contributed by atoms with E-state index in [1.165, 1.54) is 17.7 Å². The van der Waals surface area contributed by atoms with E-state index in [1.807, 2.05) is 0 Å². The number of nitrogens with two attached hydrogens (primary N) is 1. The molecule has 1 fully saturated rings. The molecule has 0 amide bonds. The molecule has 0 saturated carbocycles. The van der Waals surface area contributed by atoms with Crippen molar-refractivity contribution in [1.29, 1.82) is 5.41 Å². The summed E-state index contributed by atoms with van der Waals surface area (Å²) < 4.78 is 0. The molecule has 3 N–H and O–H groups in total. The van der Waals surface area contributed by atoms with Gasteiger partial charge in [-0.05, 0) is 57.8 Å². The third-order valence-corrected chi connectivity index (χ3v) is 4.64. The lowest BCUT2D eigenvalue weighted by atomic mass is 10.1. The van der Waals surface area contributed by atoms with Crippen LogP contribution < -0.4 is 10.6 Å². The highest BCUT2D eigenvalue weighted by molar-refractivity contribution is 6.00. The maximum atomic E-state index is 7.92. The largest absolute Gasteiger partial charge is 0.384 e. The van der Waals surface area contributed by atoms with Crippen LogP contribution in [0.5, 0.6) is 0 Å². The topological polar surface area (TPSA) is 69.2 Å². The van der Waals surface area contributed by atoms with E-state index in [4.69, 9.17) is 16.1 Å². The second-order valence-corrected chi connectivity index (χ2v) is 6.39. The number of amidine groups is 1. The summed E-state index contributed by atoms with van der Waals surface area (Å²) in [7, 11) is 2.17. The number of rotatable bonds is 2. The maximum absolute atomic E-state index is 7.92. The highest BCUT2D eigenvalue weighted by Gasteiger charge is 2.26. The van der Waals surface area contributed by atoms with Crippen molar-refractivity contribution in [1.82, 2.24) is 9.88 Å². The lowest BCUT2D eigenvalue weighted by Crippen LogP contribution is -2.39. The van der Waals surface area contributed by atoms with Crippen LogP contribution in [0.25, 0.3) is 0 Å². The van der Waals surface area contributed by atoms with Crippen LogP contribution in [0.4, 0.5) is 5.82 Å². The number of fused-ring (bicyclic) bond motifs is 1. The molecule has 1 aliphatic carbocycles. The predicted octanol–water partition coefficient (Wildman–Crippen LogP) is 1.38. The summed E-state index contributed by atoms with van der Waals surface area (Å²) in [5.41, 5.74) is 9.13. The Labute approximate surface area is 126 Å². The first-order valence-electron chi connectivity index (χ1n) is 7.88. The molecular formula is C16H25N5. The first kappa shape index (κ1) is 14.3. The molecule has 114 valence electrons. The second-order valence-electron chi connectivity index (χ2n) is 6.39. The lowest BCUT2D eigenvalue weighted by molar-refractivity contribution is 0.337. The molecule has 1 unspecified atom stereocenters. The second kappa shape index (κ2) is 5.64. The number of hydrogen-bond acceptors (Lipinski definition) is 4. The minimum atomic E-state index is 0.136. The number of hydrogen-bond donors (Lipinski definition) is 2. The van der Waals surface area contributed by atoms with Gasteiger partial charge in [0.15, 0.2) is 0 Å². The van der Waals surface area contributed by atoms with Crippen molar-refractivity contribution >= 4 is 11.7 Å². The summed E-state index contributed by atoms with van der Waals surface area (Å²) >= 11 is 0. The van der Waals surface area contributed by atoms with Crippen LogP contribution in [0, 0.1) is 5.41 Å². The Balaban J connectivity index is 2.01. The number of pyridine rings is 1. The van der Waals surface area contributed by atoms with Gasteiger partial charge in [-0.25, -0.2) is 4.98 Å². The Morgan fingerprint density at radius 2 is 2.14 bits per heavy atom. The molecule has 2 heterocycles. The quantitative estimate of drug-likeness (QED) is 0.637. The average Bonchev–Trinajstić information content (AvgIpc) is 2.82. The fourth-order valence-electron chi connectivity index (χ4n) is 3.57. The van der Waals surface area contributed by atoms with Gasteiger partial charge >= 0.3 is 0 Å². The summed E-state index contributed by atoms with van der Waals surface area (Å²) in [5.74, 6) is 1.06. The van der Waals surface area contributed by atoms with Gasteiger partial charge in [-0.3, -0.25) is 5.41 Å². The summed E-state index contributed by atoms with van der Waals surface area (Å²) in [5, 5.41) is 7.92. The molecule has 0 bridgehead atoms. The molecule has 0 aromatic carbocycles. The standard InChI is InChI=1S/C16H25N5/c1-11-10-20(2)7-4-8-21(11)16-13(15(17)18)9-12-5-3-6-14(12)19-16/h9,11H,3-8,10H2,1-2H3,(H3,17,18). The van der Waals surface area contributed by atoms with E-state index < -0.39 is 0 Å². The zero-order valence-corrected chi connectivity index (χ0v) is 13.0. The minimum Gasteiger partial charge on any atom is -0.384 e. The van der Waals surface area contributed by atoms with E-state index in [2.05, 4.69) is 29.8 Å². The van der Waals surface area contributed by atoms with Crippen molar-refractivity contribution in [3.63, 3.8) is 0 Å². The van der Waals surface area contributed by atoms with Crippen LogP contribution in [0.1, 0.15) is 36.6 Å². The van der Waals surface area contributed by atoms with Gasteiger partial charge in [0.05, 0.1) is 5.56 Å². The zero-order valence-electron chi connectivity index (χ0n) is 13.0. The van der Waals surface area contributed by atoms with E-state index in [1.54, 1.807) is 0 Å². The van der Waals surface area contributed by atoms with Gasteiger partial charge in [0.25, 0.3) is 0 Å². The van der Waals surface area contributed by atoms with E-state index in [0.717, 1.165) is 50.3 Å². The van der Waals surface area contributed by atoms with Crippen LogP contribution in [-0.4, -0.2) is 48.4 Å². The first-order valence-corrected chi connectivity index (χ1v) is 7.88. The molecule has 0 spiro atoms. The van der Waals surface area contributed by atoms with Gasteiger partial charge < -0.3 is 15.5 Å². The number of aromatic nitrogens is 1. The van der Waals surface area contributed by atoms with Gasteiger partial charge in [0.1, 0.15) is 11.7 Å². The Morgan fingerprint density at radius 3 is 2.90 bits per heavy atom. The van der Waals surface area contributed by atoms with E-state index in [-0.39, 0.29) is 5.84 Å². The molecule has 1 aromatic rings. The molecule has 21 heavy (non-hydrogen) atoms. The van der Waals surface area contributed by atoms with Gasteiger partial charge in [-0.2, -0.15) is 0 Å². The van der Waals surface area contributed by atoms with E-state index >= 15 is 0 Å². The molecule has 5 nitrogen and oxygen atoms in total. The molecule has 2 aliphatic rings. The zero-order chi connectivity index (χ0) is 15.0. The number of nitrogen functional groups attached to an aromatic ring is 1. The molecule has 1 aliphatic heterocycles. The van der Waals surface area contributed by atoms with E-state index in [0.29, 0.717) is 6.04 Å². The number of nitrogens with zero attached hydrogens (tertiary/aromatic N) is 3. The fourth-order valence-corrected chi connectivity index (χ4v) is 3.57. The molecule has 1 saturated heterocycles. The highest BCUT2D eigenvalue weighted by Crippen LogP contribution is 2.29. The van der Waals surface area contributed by atoms with Crippen molar-refractivity contribution in [2.75, 3.05) is 31.6 Å². The van der Waals surface area contributed by atoms with Crippen molar-refractivity contribution in [2.24, 2.45) is 5.73 Å². The average molecular weight is 287 g/mol. The number of likely N-dealkylation sites (N-methyl/N-ethyl adjacent to an activating group) is 1. The third kappa shape index (κ3) is 2.75. The maximum Gasteiger partial charge on any atom is 0.140 e. The minimum absolute atomic E-state index is 0.136. The molecule has 3 rings (SSSR count). The van der Waals surface area contributed by atoms with Crippen LogP contribution in [0.3, 0.4) is 0 Å². The van der Waals surface area contributed by atoms with Crippen molar-refractivity contribution in [3.8, 4) is 0 Å². The highest BCUT2D eigenvalue weighted by atomic mass is 15.3. The SMILES string of the molecule is CC1CN(C)CCCN1c1nc2c(cc1C(=N)N)CCC2. The predicted molar refractivity (Wildman–Crippen MR) is 86.2 cm³/mol. The Morgan fingerprint density at radius 1 is 1.33 bits per heavy atom.